The first-order chi connectivity index (χ1) is 13.9. The summed E-state index contributed by atoms with van der Waals surface area (Å²) in [4.78, 5) is 12.0. The number of aromatic carboxylic acids is 1. The molecular weight excluding hydrogens is 360 g/mol. The molecule has 0 radical (unpaired) electrons. The van der Waals surface area contributed by atoms with Crippen molar-refractivity contribution in [1.29, 1.82) is 0 Å². The summed E-state index contributed by atoms with van der Waals surface area (Å²) in [5.74, 6) is -0.856. The fourth-order valence-corrected chi connectivity index (χ4v) is 3.92. The molecule has 0 saturated heterocycles. The normalized spacial score (nSPS) is 11.0. The first-order valence-corrected chi connectivity index (χ1v) is 10.1. The summed E-state index contributed by atoms with van der Waals surface area (Å²) >= 11 is 0. The van der Waals surface area contributed by atoms with E-state index < -0.39 is 5.97 Å². The van der Waals surface area contributed by atoms with Gasteiger partial charge in [-0.3, -0.25) is 0 Å². The molecule has 0 unspecified atom stereocenters. The smallest absolute Gasteiger partial charge is 0.337 e. The minimum absolute atomic E-state index is 0.431. The average Bonchev–Trinajstić information content (AvgIpc) is 2.93. The van der Waals surface area contributed by atoms with Gasteiger partial charge in [0.25, 0.3) is 0 Å². The SMILES string of the molecule is Cc1ccc(C)c(Cn2c(C)c(CNCCc3ccccc3)c(C(=O)O)c2C)c1. The van der Waals surface area contributed by atoms with Crippen LogP contribution in [0.15, 0.2) is 48.5 Å². The predicted molar refractivity (Wildman–Crippen MR) is 118 cm³/mol. The van der Waals surface area contributed by atoms with Crippen LogP contribution in [0.2, 0.25) is 0 Å². The van der Waals surface area contributed by atoms with Gasteiger partial charge in [-0.1, -0.05) is 54.1 Å². The average molecular weight is 391 g/mol. The number of aromatic nitrogens is 1. The maximum Gasteiger partial charge on any atom is 0.337 e. The van der Waals surface area contributed by atoms with Crippen LogP contribution in [0.25, 0.3) is 0 Å². The van der Waals surface area contributed by atoms with Gasteiger partial charge >= 0.3 is 5.97 Å². The van der Waals surface area contributed by atoms with Crippen LogP contribution in [0.5, 0.6) is 0 Å². The standard InChI is InChI=1S/C25H30N2O2/c1-17-10-11-18(2)22(14-17)16-27-19(3)23(24(20(27)4)25(28)29)15-26-13-12-21-8-6-5-7-9-21/h5-11,14,26H,12-13,15-16H2,1-4H3,(H,28,29). The minimum Gasteiger partial charge on any atom is -0.478 e. The summed E-state index contributed by atoms with van der Waals surface area (Å²) in [6.45, 7) is 10.2. The second kappa shape index (κ2) is 9.10. The van der Waals surface area contributed by atoms with Crippen molar-refractivity contribution in [1.82, 2.24) is 9.88 Å². The molecule has 4 nitrogen and oxygen atoms in total. The van der Waals surface area contributed by atoms with E-state index in [2.05, 4.69) is 54.1 Å². The molecule has 2 N–H and O–H groups in total. The Labute approximate surface area is 173 Å². The lowest BCUT2D eigenvalue weighted by Gasteiger charge is -2.13. The molecule has 3 aromatic rings. The van der Waals surface area contributed by atoms with Crippen molar-refractivity contribution < 1.29 is 9.90 Å². The van der Waals surface area contributed by atoms with Gasteiger partial charge in [0.15, 0.2) is 0 Å². The van der Waals surface area contributed by atoms with Gasteiger partial charge in [0.1, 0.15) is 0 Å². The lowest BCUT2D eigenvalue weighted by molar-refractivity contribution is 0.0694. The number of nitrogens with one attached hydrogen (secondary N) is 1. The van der Waals surface area contributed by atoms with E-state index in [1.54, 1.807) is 0 Å². The molecule has 1 heterocycles. The number of nitrogens with zero attached hydrogens (tertiary/aromatic N) is 1. The summed E-state index contributed by atoms with van der Waals surface area (Å²) in [7, 11) is 0. The van der Waals surface area contributed by atoms with Crippen LogP contribution in [-0.4, -0.2) is 22.2 Å². The largest absolute Gasteiger partial charge is 0.478 e. The molecular formula is C25H30N2O2. The second-order valence-electron chi connectivity index (χ2n) is 7.76. The highest BCUT2D eigenvalue weighted by atomic mass is 16.4. The fourth-order valence-electron chi connectivity index (χ4n) is 3.92. The Kier molecular flexibility index (Phi) is 6.55. The zero-order chi connectivity index (χ0) is 21.0. The Balaban J connectivity index is 1.80. The molecule has 0 fully saturated rings. The van der Waals surface area contributed by atoms with Gasteiger partial charge in [0.05, 0.1) is 5.56 Å². The van der Waals surface area contributed by atoms with Crippen LogP contribution in [0.3, 0.4) is 0 Å². The highest BCUT2D eigenvalue weighted by molar-refractivity contribution is 5.91. The topological polar surface area (TPSA) is 54.3 Å². The summed E-state index contributed by atoms with van der Waals surface area (Å²) in [5, 5.41) is 13.3. The highest BCUT2D eigenvalue weighted by Crippen LogP contribution is 2.25. The van der Waals surface area contributed by atoms with E-state index in [-0.39, 0.29) is 0 Å². The summed E-state index contributed by atoms with van der Waals surface area (Å²) < 4.78 is 2.14. The molecule has 0 aliphatic heterocycles. The van der Waals surface area contributed by atoms with Crippen molar-refractivity contribution >= 4 is 5.97 Å². The van der Waals surface area contributed by atoms with Gasteiger partial charge in [0, 0.05) is 30.0 Å². The van der Waals surface area contributed by atoms with Gasteiger partial charge in [-0.25, -0.2) is 4.79 Å². The quantitative estimate of drug-likeness (QED) is 0.543. The van der Waals surface area contributed by atoms with E-state index >= 15 is 0 Å². The number of rotatable bonds is 8. The molecule has 152 valence electrons. The van der Waals surface area contributed by atoms with Crippen molar-refractivity contribution in [3.63, 3.8) is 0 Å². The van der Waals surface area contributed by atoms with Crippen LogP contribution in [-0.2, 0) is 19.5 Å². The Bertz CT molecular complexity index is 1000. The summed E-state index contributed by atoms with van der Waals surface area (Å²) in [6.07, 6.45) is 0.921. The Morgan fingerprint density at radius 2 is 1.72 bits per heavy atom. The molecule has 4 heteroatoms. The summed E-state index contributed by atoms with van der Waals surface area (Å²) in [5.41, 5.74) is 8.10. The first kappa shape index (κ1) is 20.9. The number of hydrogen-bond donors (Lipinski definition) is 2. The number of carbonyl (C=O) groups is 1. The van der Waals surface area contributed by atoms with Crippen LogP contribution in [0, 0.1) is 27.7 Å². The highest BCUT2D eigenvalue weighted by Gasteiger charge is 2.22. The van der Waals surface area contributed by atoms with E-state index in [1.807, 2.05) is 32.0 Å². The Morgan fingerprint density at radius 1 is 1.00 bits per heavy atom. The number of carboxylic acid groups (broad SMARTS) is 1. The second-order valence-corrected chi connectivity index (χ2v) is 7.76. The molecule has 0 bridgehead atoms. The molecule has 0 aliphatic rings. The zero-order valence-corrected chi connectivity index (χ0v) is 17.7. The predicted octanol–water partition coefficient (Wildman–Crippen LogP) is 4.80. The van der Waals surface area contributed by atoms with Crippen LogP contribution < -0.4 is 5.32 Å². The lowest BCUT2D eigenvalue weighted by atomic mass is 10.1. The van der Waals surface area contributed by atoms with E-state index in [0.29, 0.717) is 18.7 Å². The van der Waals surface area contributed by atoms with Crippen molar-refractivity contribution in [2.45, 2.75) is 47.2 Å². The van der Waals surface area contributed by atoms with E-state index in [4.69, 9.17) is 0 Å². The molecule has 0 saturated carbocycles. The maximum atomic E-state index is 12.0. The van der Waals surface area contributed by atoms with Gasteiger partial charge in [-0.15, -0.1) is 0 Å². The van der Waals surface area contributed by atoms with Crippen LogP contribution in [0.1, 0.15) is 49.6 Å². The molecule has 0 spiro atoms. The molecule has 0 amide bonds. The lowest BCUT2D eigenvalue weighted by Crippen LogP contribution is -2.18. The number of carboxylic acids is 1. The third-order valence-corrected chi connectivity index (χ3v) is 5.69. The maximum absolute atomic E-state index is 12.0. The monoisotopic (exact) mass is 390 g/mol. The van der Waals surface area contributed by atoms with Gasteiger partial charge in [-0.05, 0) is 57.4 Å². The number of aryl methyl sites for hydroxylation is 2. The van der Waals surface area contributed by atoms with Crippen molar-refractivity contribution in [3.05, 3.63) is 93.3 Å². The minimum atomic E-state index is -0.856. The fraction of sp³-hybridized carbons (Fsp3) is 0.320. The third kappa shape index (κ3) is 4.77. The molecule has 1 aromatic heterocycles. The van der Waals surface area contributed by atoms with Crippen LogP contribution >= 0.6 is 0 Å². The van der Waals surface area contributed by atoms with Gasteiger partial charge in [-0.2, -0.15) is 0 Å². The molecule has 0 atom stereocenters. The zero-order valence-electron chi connectivity index (χ0n) is 17.7. The Morgan fingerprint density at radius 3 is 2.41 bits per heavy atom. The van der Waals surface area contributed by atoms with E-state index in [1.165, 1.54) is 22.3 Å². The van der Waals surface area contributed by atoms with E-state index in [9.17, 15) is 9.90 Å². The van der Waals surface area contributed by atoms with Gasteiger partial charge in [0.2, 0.25) is 0 Å². The van der Waals surface area contributed by atoms with Crippen molar-refractivity contribution in [3.8, 4) is 0 Å². The molecule has 2 aromatic carbocycles. The molecule has 0 aliphatic carbocycles. The summed E-state index contributed by atoms with van der Waals surface area (Å²) in [6, 6.07) is 16.7. The molecule has 3 rings (SSSR count). The molecule has 29 heavy (non-hydrogen) atoms. The number of hydrogen-bond acceptors (Lipinski definition) is 2. The number of benzene rings is 2. The third-order valence-electron chi connectivity index (χ3n) is 5.69. The van der Waals surface area contributed by atoms with Crippen molar-refractivity contribution in [2.75, 3.05) is 6.54 Å². The van der Waals surface area contributed by atoms with Gasteiger partial charge < -0.3 is 15.0 Å². The van der Waals surface area contributed by atoms with Crippen molar-refractivity contribution in [2.24, 2.45) is 0 Å². The van der Waals surface area contributed by atoms with Crippen LogP contribution in [0.4, 0.5) is 0 Å². The van der Waals surface area contributed by atoms with E-state index in [0.717, 1.165) is 29.9 Å². The Hall–Kier alpha value is -2.85. The first-order valence-electron chi connectivity index (χ1n) is 10.1.